The van der Waals surface area contributed by atoms with Gasteiger partial charge in [-0.05, 0) is 18.2 Å². The molecule has 1 N–H and O–H groups in total. The van der Waals surface area contributed by atoms with Crippen molar-refractivity contribution in [1.29, 1.82) is 0 Å². The van der Waals surface area contributed by atoms with E-state index in [1.54, 1.807) is 0 Å². The van der Waals surface area contributed by atoms with Crippen molar-refractivity contribution in [2.24, 2.45) is 7.05 Å². The summed E-state index contributed by atoms with van der Waals surface area (Å²) in [6.07, 6.45) is -12.1. The summed E-state index contributed by atoms with van der Waals surface area (Å²) in [5.74, 6) is -8.97. The van der Waals surface area contributed by atoms with Crippen LogP contribution in [-0.2, 0) is 19.1 Å². The van der Waals surface area contributed by atoms with E-state index in [1.165, 1.54) is 6.07 Å². The molecule has 0 aliphatic carbocycles. The van der Waals surface area contributed by atoms with Gasteiger partial charge in [0.1, 0.15) is 11.3 Å². The SMILES string of the molecule is Cn1nc(C(F)(F)C(F)(F)F)c(C(F)(F)F)c1-c1noc(-c2ccc(Cl)c(C(=O)O)c2)n1. The third-order valence-electron chi connectivity index (χ3n) is 4.07. The summed E-state index contributed by atoms with van der Waals surface area (Å²) in [6.45, 7) is 0. The number of halogens is 9. The van der Waals surface area contributed by atoms with Crippen LogP contribution in [0.1, 0.15) is 21.6 Å². The Morgan fingerprint density at radius 2 is 1.75 bits per heavy atom. The van der Waals surface area contributed by atoms with Gasteiger partial charge in [0, 0.05) is 12.6 Å². The first-order chi connectivity index (χ1) is 14.6. The lowest BCUT2D eigenvalue weighted by Crippen LogP contribution is -2.36. The van der Waals surface area contributed by atoms with E-state index in [-0.39, 0.29) is 15.3 Å². The summed E-state index contributed by atoms with van der Waals surface area (Å²) < 4.78 is 111. The molecule has 0 spiro atoms. The first-order valence-electron chi connectivity index (χ1n) is 8.02. The van der Waals surface area contributed by atoms with E-state index >= 15 is 0 Å². The van der Waals surface area contributed by atoms with E-state index in [0.29, 0.717) is 7.05 Å². The number of aromatic carboxylic acids is 1. The van der Waals surface area contributed by atoms with Crippen molar-refractivity contribution in [1.82, 2.24) is 19.9 Å². The van der Waals surface area contributed by atoms with Gasteiger partial charge in [-0.3, -0.25) is 4.68 Å². The molecule has 0 unspecified atom stereocenters. The number of carbonyl (C=O) groups is 1. The molecule has 0 fully saturated rings. The molecule has 172 valence electrons. The minimum atomic E-state index is -6.36. The van der Waals surface area contributed by atoms with Crippen LogP contribution in [0.2, 0.25) is 5.02 Å². The number of hydrogen-bond donors (Lipinski definition) is 1. The summed E-state index contributed by atoms with van der Waals surface area (Å²) in [6, 6.07) is 3.22. The van der Waals surface area contributed by atoms with Crippen molar-refractivity contribution in [2.75, 3.05) is 0 Å². The third kappa shape index (κ3) is 3.87. The van der Waals surface area contributed by atoms with Crippen LogP contribution in [0.25, 0.3) is 23.0 Å². The second-order valence-corrected chi connectivity index (χ2v) is 6.60. The average Bonchev–Trinajstić information content (AvgIpc) is 3.25. The van der Waals surface area contributed by atoms with Crippen LogP contribution in [0.5, 0.6) is 0 Å². The van der Waals surface area contributed by atoms with Crippen LogP contribution in [-0.4, -0.2) is 37.2 Å². The van der Waals surface area contributed by atoms with Crippen LogP contribution >= 0.6 is 11.6 Å². The maximum Gasteiger partial charge on any atom is 0.459 e. The Balaban J connectivity index is 2.20. The summed E-state index contributed by atoms with van der Waals surface area (Å²) >= 11 is 5.71. The highest BCUT2D eigenvalue weighted by atomic mass is 35.5. The predicted octanol–water partition coefficient (Wildman–Crippen LogP) is 5.16. The highest BCUT2D eigenvalue weighted by Crippen LogP contribution is 2.50. The van der Waals surface area contributed by atoms with Gasteiger partial charge in [0.25, 0.3) is 5.89 Å². The Morgan fingerprint density at radius 1 is 1.12 bits per heavy atom. The molecule has 3 aromatic rings. The molecule has 1 aromatic carbocycles. The lowest BCUT2D eigenvalue weighted by Gasteiger charge is -2.19. The lowest BCUT2D eigenvalue weighted by atomic mass is 10.1. The zero-order valence-corrected chi connectivity index (χ0v) is 15.9. The molecule has 7 nitrogen and oxygen atoms in total. The van der Waals surface area contributed by atoms with Crippen molar-refractivity contribution in [2.45, 2.75) is 18.3 Å². The second-order valence-electron chi connectivity index (χ2n) is 6.19. The summed E-state index contributed by atoms with van der Waals surface area (Å²) in [5.41, 5.74) is -6.86. The number of benzene rings is 1. The monoisotopic (exact) mass is 490 g/mol. The summed E-state index contributed by atoms with van der Waals surface area (Å²) in [7, 11) is 0.682. The average molecular weight is 491 g/mol. The Hall–Kier alpha value is -3.23. The maximum absolute atomic E-state index is 13.8. The smallest absolute Gasteiger partial charge is 0.459 e. The van der Waals surface area contributed by atoms with Crippen molar-refractivity contribution in [3.8, 4) is 23.0 Å². The van der Waals surface area contributed by atoms with Crippen LogP contribution in [0, 0.1) is 0 Å². The van der Waals surface area contributed by atoms with Crippen molar-refractivity contribution >= 4 is 17.6 Å². The fourth-order valence-corrected chi connectivity index (χ4v) is 2.86. The number of carboxylic acid groups (broad SMARTS) is 1. The van der Waals surface area contributed by atoms with E-state index in [1.807, 2.05) is 0 Å². The number of carboxylic acids is 1. The molecule has 0 bridgehead atoms. The summed E-state index contributed by atoms with van der Waals surface area (Å²) in [4.78, 5) is 14.7. The topological polar surface area (TPSA) is 94.0 Å². The van der Waals surface area contributed by atoms with Gasteiger partial charge in [0.2, 0.25) is 5.82 Å². The Kier molecular flexibility index (Phi) is 5.44. The standard InChI is InChI=1S/C16H7ClF8N4O3/c1-29-9(8(15(20,21)22)10(27-29)14(18,19)16(23,24)25)11-26-12(32-28-11)5-2-3-7(17)6(4-5)13(30)31/h2-4H,1H3,(H,30,31). The number of hydrogen-bond acceptors (Lipinski definition) is 5. The zero-order valence-electron chi connectivity index (χ0n) is 15.2. The molecule has 2 aromatic heterocycles. The normalized spacial score (nSPS) is 12.9. The first-order valence-corrected chi connectivity index (χ1v) is 8.40. The predicted molar refractivity (Wildman–Crippen MR) is 88.9 cm³/mol. The molecule has 0 aliphatic rings. The van der Waals surface area contributed by atoms with Crippen LogP contribution in [0.3, 0.4) is 0 Å². The molecule has 0 amide bonds. The van der Waals surface area contributed by atoms with Gasteiger partial charge in [-0.2, -0.15) is 45.2 Å². The molecule has 0 saturated carbocycles. The Morgan fingerprint density at radius 3 is 2.28 bits per heavy atom. The second kappa shape index (κ2) is 7.43. The number of nitrogens with zero attached hydrogens (tertiary/aromatic N) is 4. The fourth-order valence-electron chi connectivity index (χ4n) is 2.66. The van der Waals surface area contributed by atoms with Gasteiger partial charge >= 0.3 is 24.2 Å². The molecule has 0 radical (unpaired) electrons. The lowest BCUT2D eigenvalue weighted by molar-refractivity contribution is -0.292. The molecule has 3 rings (SSSR count). The van der Waals surface area contributed by atoms with Gasteiger partial charge in [0.05, 0.1) is 10.6 Å². The van der Waals surface area contributed by atoms with Crippen molar-refractivity contribution < 1.29 is 49.5 Å². The number of alkyl halides is 8. The van der Waals surface area contributed by atoms with Gasteiger partial charge in [0.15, 0.2) is 5.69 Å². The molecule has 0 aliphatic heterocycles. The van der Waals surface area contributed by atoms with Crippen LogP contribution in [0.15, 0.2) is 22.7 Å². The van der Waals surface area contributed by atoms with E-state index < -0.39 is 58.5 Å². The van der Waals surface area contributed by atoms with Gasteiger partial charge in [-0.1, -0.05) is 16.8 Å². The molecule has 0 atom stereocenters. The van der Waals surface area contributed by atoms with Crippen molar-refractivity contribution in [3.05, 3.63) is 40.0 Å². The summed E-state index contributed by atoms with van der Waals surface area (Å²) in [5, 5.41) is 14.8. The molecule has 16 heteroatoms. The molecule has 0 saturated heterocycles. The van der Waals surface area contributed by atoms with Crippen LogP contribution < -0.4 is 0 Å². The fraction of sp³-hybridized carbons (Fsp3) is 0.250. The highest BCUT2D eigenvalue weighted by molar-refractivity contribution is 6.33. The van der Waals surface area contributed by atoms with Gasteiger partial charge in [-0.15, -0.1) is 0 Å². The number of aromatic nitrogens is 4. The number of rotatable bonds is 4. The first kappa shape index (κ1) is 23.4. The molecular formula is C16H7ClF8N4O3. The minimum absolute atomic E-state index is 0.108. The third-order valence-corrected chi connectivity index (χ3v) is 4.40. The maximum atomic E-state index is 13.8. The highest BCUT2D eigenvalue weighted by Gasteiger charge is 2.64. The molecule has 32 heavy (non-hydrogen) atoms. The quantitative estimate of drug-likeness (QED) is 0.508. The molecular weight excluding hydrogens is 484 g/mol. The van der Waals surface area contributed by atoms with Gasteiger partial charge < -0.3 is 9.63 Å². The Labute approximate surface area is 176 Å². The zero-order chi connectivity index (χ0) is 24.2. The van der Waals surface area contributed by atoms with Crippen LogP contribution in [0.4, 0.5) is 35.1 Å². The van der Waals surface area contributed by atoms with Crippen molar-refractivity contribution in [3.63, 3.8) is 0 Å². The molecule has 2 heterocycles. The van der Waals surface area contributed by atoms with E-state index in [4.69, 9.17) is 21.2 Å². The minimum Gasteiger partial charge on any atom is -0.478 e. The van der Waals surface area contributed by atoms with E-state index in [2.05, 4.69) is 15.2 Å². The van der Waals surface area contributed by atoms with Gasteiger partial charge in [-0.25, -0.2) is 4.79 Å². The largest absolute Gasteiger partial charge is 0.478 e. The van der Waals surface area contributed by atoms with E-state index in [9.17, 15) is 39.9 Å². The van der Waals surface area contributed by atoms with E-state index in [0.717, 1.165) is 12.1 Å². The Bertz CT molecular complexity index is 1200. The number of aryl methyl sites for hydroxylation is 1.